The lowest BCUT2D eigenvalue weighted by Gasteiger charge is -2.34. The molecule has 2 N–H and O–H groups in total. The molecule has 1 aromatic carbocycles. The standard InChI is InChI=1S/C21H21Cl2N5O3/c1-9(11-7-31-8-11)13-5-15(22)12-3-4-28(21(30)16(12)17(13)23)6-14-19-18(25-27-26-19)10(2)24-20(14)29/h5,9,11H,3-4,6-8H2,1-2H3,(H,24,29)(H,25,26,27). The lowest BCUT2D eigenvalue weighted by Crippen LogP contribution is -2.39. The molecule has 162 valence electrons. The highest BCUT2D eigenvalue weighted by Gasteiger charge is 2.34. The average Bonchev–Trinajstić information content (AvgIpc) is 3.17. The number of nitrogens with one attached hydrogen (secondary N) is 2. The van der Waals surface area contributed by atoms with Crippen LogP contribution < -0.4 is 5.56 Å². The third kappa shape index (κ3) is 3.24. The van der Waals surface area contributed by atoms with Crippen LogP contribution in [-0.4, -0.2) is 51.0 Å². The molecular formula is C21H21Cl2N5O3. The van der Waals surface area contributed by atoms with Gasteiger partial charge in [0.1, 0.15) is 11.0 Å². The van der Waals surface area contributed by atoms with Gasteiger partial charge in [-0.25, -0.2) is 0 Å². The van der Waals surface area contributed by atoms with E-state index in [2.05, 4.69) is 27.3 Å². The van der Waals surface area contributed by atoms with Gasteiger partial charge >= 0.3 is 0 Å². The molecular weight excluding hydrogens is 441 g/mol. The normalized spacial score (nSPS) is 17.7. The number of nitrogens with zero attached hydrogens (tertiary/aromatic N) is 3. The van der Waals surface area contributed by atoms with Gasteiger partial charge in [-0.3, -0.25) is 14.7 Å². The summed E-state index contributed by atoms with van der Waals surface area (Å²) in [5.41, 5.74) is 3.94. The lowest BCUT2D eigenvalue weighted by molar-refractivity contribution is -0.0423. The summed E-state index contributed by atoms with van der Waals surface area (Å²) in [4.78, 5) is 30.5. The van der Waals surface area contributed by atoms with Crippen LogP contribution >= 0.6 is 23.2 Å². The summed E-state index contributed by atoms with van der Waals surface area (Å²) in [6.45, 7) is 5.75. The Morgan fingerprint density at radius 3 is 2.81 bits per heavy atom. The maximum Gasteiger partial charge on any atom is 0.256 e. The highest BCUT2D eigenvalue weighted by molar-refractivity contribution is 6.37. The molecule has 1 unspecified atom stereocenters. The van der Waals surface area contributed by atoms with E-state index in [1.807, 2.05) is 6.07 Å². The van der Waals surface area contributed by atoms with E-state index >= 15 is 0 Å². The zero-order valence-corrected chi connectivity index (χ0v) is 18.6. The third-order valence-corrected chi connectivity index (χ3v) is 7.22. The number of aromatic amines is 2. The van der Waals surface area contributed by atoms with Crippen LogP contribution in [0.1, 0.15) is 45.6 Å². The first-order valence-corrected chi connectivity index (χ1v) is 10.9. The van der Waals surface area contributed by atoms with Crippen molar-refractivity contribution in [2.24, 2.45) is 5.92 Å². The number of fused-ring (bicyclic) bond motifs is 2. The zero-order valence-electron chi connectivity index (χ0n) is 17.1. The van der Waals surface area contributed by atoms with Crippen LogP contribution in [0.4, 0.5) is 0 Å². The van der Waals surface area contributed by atoms with Crippen molar-refractivity contribution in [3.8, 4) is 0 Å². The minimum Gasteiger partial charge on any atom is -0.381 e. The second-order valence-electron chi connectivity index (χ2n) is 8.27. The number of H-pyrrole nitrogens is 2. The zero-order chi connectivity index (χ0) is 21.9. The molecule has 8 nitrogen and oxygen atoms in total. The smallest absolute Gasteiger partial charge is 0.256 e. The molecule has 1 saturated heterocycles. The van der Waals surface area contributed by atoms with Crippen molar-refractivity contribution in [3.05, 3.63) is 54.4 Å². The van der Waals surface area contributed by atoms with Crippen LogP contribution in [0, 0.1) is 12.8 Å². The number of halogens is 2. The monoisotopic (exact) mass is 461 g/mol. The van der Waals surface area contributed by atoms with E-state index in [-0.39, 0.29) is 23.9 Å². The summed E-state index contributed by atoms with van der Waals surface area (Å²) in [5.74, 6) is 0.249. The van der Waals surface area contributed by atoms with E-state index in [4.69, 9.17) is 27.9 Å². The number of amides is 1. The number of ether oxygens (including phenoxy) is 1. The predicted molar refractivity (Wildman–Crippen MR) is 117 cm³/mol. The first-order valence-electron chi connectivity index (χ1n) is 10.2. The Labute approximate surface area is 187 Å². The summed E-state index contributed by atoms with van der Waals surface area (Å²) in [6, 6.07) is 1.89. The second-order valence-corrected chi connectivity index (χ2v) is 9.06. The number of rotatable bonds is 4. The molecule has 1 amide bonds. The van der Waals surface area contributed by atoms with Crippen molar-refractivity contribution in [2.75, 3.05) is 19.8 Å². The number of benzene rings is 1. The minimum atomic E-state index is -0.283. The highest BCUT2D eigenvalue weighted by atomic mass is 35.5. The lowest BCUT2D eigenvalue weighted by atomic mass is 9.84. The Bertz CT molecular complexity index is 1260. The number of hydrogen-bond acceptors (Lipinski definition) is 5. The molecule has 2 aliphatic rings. The fourth-order valence-corrected chi connectivity index (χ4v) is 5.12. The largest absolute Gasteiger partial charge is 0.381 e. The Kier molecular flexibility index (Phi) is 5.03. The number of carbonyl (C=O) groups is 1. The van der Waals surface area contributed by atoms with Gasteiger partial charge in [-0.15, -0.1) is 5.10 Å². The van der Waals surface area contributed by atoms with E-state index in [1.165, 1.54) is 0 Å². The summed E-state index contributed by atoms with van der Waals surface area (Å²) in [7, 11) is 0. The van der Waals surface area contributed by atoms with Gasteiger partial charge < -0.3 is 14.6 Å². The number of aryl methyl sites for hydroxylation is 1. The predicted octanol–water partition coefficient (Wildman–Crippen LogP) is 3.21. The van der Waals surface area contributed by atoms with Gasteiger partial charge in [-0.1, -0.05) is 35.3 Å². The molecule has 5 rings (SSSR count). The van der Waals surface area contributed by atoms with Gasteiger partial charge in [-0.2, -0.15) is 0 Å². The molecule has 2 aromatic heterocycles. The number of aromatic nitrogens is 4. The number of carbonyl (C=O) groups excluding carboxylic acids is 1. The summed E-state index contributed by atoms with van der Waals surface area (Å²) < 4.78 is 5.32. The van der Waals surface area contributed by atoms with Crippen molar-refractivity contribution in [2.45, 2.75) is 32.7 Å². The fourth-order valence-electron chi connectivity index (χ4n) is 4.39. The molecule has 2 aliphatic heterocycles. The molecule has 10 heteroatoms. The van der Waals surface area contributed by atoms with Crippen molar-refractivity contribution in [1.29, 1.82) is 0 Å². The topological polar surface area (TPSA) is 104 Å². The molecule has 0 radical (unpaired) electrons. The molecule has 4 heterocycles. The van der Waals surface area contributed by atoms with E-state index in [9.17, 15) is 9.59 Å². The maximum absolute atomic E-state index is 13.5. The van der Waals surface area contributed by atoms with Gasteiger partial charge in [0.15, 0.2) is 0 Å². The average molecular weight is 462 g/mol. The van der Waals surface area contributed by atoms with Crippen molar-refractivity contribution >= 4 is 40.1 Å². The molecule has 0 saturated carbocycles. The van der Waals surface area contributed by atoms with Gasteiger partial charge in [0.25, 0.3) is 11.5 Å². The van der Waals surface area contributed by atoms with Crippen LogP contribution in [-0.2, 0) is 17.7 Å². The van der Waals surface area contributed by atoms with Crippen LogP contribution in [0.3, 0.4) is 0 Å². The Morgan fingerprint density at radius 2 is 2.10 bits per heavy atom. The minimum absolute atomic E-state index is 0.112. The van der Waals surface area contributed by atoms with Gasteiger partial charge in [0.05, 0.1) is 35.9 Å². The van der Waals surface area contributed by atoms with Gasteiger partial charge in [0, 0.05) is 23.2 Å². The SMILES string of the molecule is Cc1[nH]c(=O)c(CN2CCc3c(Cl)cc(C(C)C4COC4)c(Cl)c3C2=O)c2nn[nH]c12. The molecule has 3 aromatic rings. The fraction of sp³-hybridized carbons (Fsp3) is 0.429. The summed E-state index contributed by atoms with van der Waals surface area (Å²) in [5, 5.41) is 11.7. The van der Waals surface area contributed by atoms with Crippen molar-refractivity contribution < 1.29 is 9.53 Å². The quantitative estimate of drug-likeness (QED) is 0.620. The number of pyridine rings is 1. The molecule has 0 aliphatic carbocycles. The third-order valence-electron chi connectivity index (χ3n) is 6.47. The first-order chi connectivity index (χ1) is 14.9. The van der Waals surface area contributed by atoms with Crippen LogP contribution in [0.25, 0.3) is 11.0 Å². The van der Waals surface area contributed by atoms with Crippen molar-refractivity contribution in [1.82, 2.24) is 25.3 Å². The van der Waals surface area contributed by atoms with Crippen LogP contribution in [0.15, 0.2) is 10.9 Å². The van der Waals surface area contributed by atoms with E-state index < -0.39 is 0 Å². The second kappa shape index (κ2) is 7.62. The molecule has 0 spiro atoms. The maximum atomic E-state index is 13.5. The summed E-state index contributed by atoms with van der Waals surface area (Å²) in [6.07, 6.45) is 0.562. The first kappa shape index (κ1) is 20.5. The molecule has 1 atom stereocenters. The van der Waals surface area contributed by atoms with Crippen LogP contribution in [0.2, 0.25) is 10.0 Å². The van der Waals surface area contributed by atoms with E-state index in [1.54, 1.807) is 11.8 Å². The molecule has 0 bridgehead atoms. The molecule has 31 heavy (non-hydrogen) atoms. The Balaban J connectivity index is 1.53. The van der Waals surface area contributed by atoms with Gasteiger partial charge in [-0.05, 0) is 36.5 Å². The molecule has 1 fully saturated rings. The van der Waals surface area contributed by atoms with E-state index in [0.717, 1.165) is 11.1 Å². The van der Waals surface area contributed by atoms with Crippen molar-refractivity contribution in [3.63, 3.8) is 0 Å². The Morgan fingerprint density at radius 1 is 1.32 bits per heavy atom. The van der Waals surface area contributed by atoms with E-state index in [0.29, 0.717) is 70.0 Å². The Hall–Kier alpha value is -2.42. The van der Waals surface area contributed by atoms with Gasteiger partial charge in [0.2, 0.25) is 0 Å². The summed E-state index contributed by atoms with van der Waals surface area (Å²) >= 11 is 13.3. The highest BCUT2D eigenvalue weighted by Crippen LogP contribution is 2.41. The van der Waals surface area contributed by atoms with Crippen LogP contribution in [0.5, 0.6) is 0 Å². The number of hydrogen-bond donors (Lipinski definition) is 2.